The number of nitrogens with one attached hydrogen (secondary N) is 1. The quantitative estimate of drug-likeness (QED) is 0.540. The molecule has 0 heterocycles. The molecular weight excluding hydrogens is 408 g/mol. The lowest BCUT2D eigenvalue weighted by molar-refractivity contribution is -0.142. The summed E-state index contributed by atoms with van der Waals surface area (Å²) in [6.07, 6.45) is 1.60. The van der Waals surface area contributed by atoms with E-state index in [2.05, 4.69) is 56.4 Å². The maximum Gasteiger partial charge on any atom is 0.243 e. The molecule has 2 aromatic rings. The molecule has 2 rings (SSSR count). The standard InChI is InChI=1S/C29H42N2O2/c1-9-25(27(33)30-29(6,7)8)31(20-23-12-10-11-21(2)19-23)26(32)18-15-22-13-16-24(17-14-22)28(3,4)5/h10-14,16-17,19,25H,9,15,18,20H2,1-8H3,(H,30,33)/t25-/m1/s1. The summed E-state index contributed by atoms with van der Waals surface area (Å²) >= 11 is 0. The van der Waals surface area contributed by atoms with E-state index in [1.54, 1.807) is 4.90 Å². The highest BCUT2D eigenvalue weighted by Gasteiger charge is 2.30. The molecule has 1 N–H and O–H groups in total. The van der Waals surface area contributed by atoms with Crippen LogP contribution in [0.4, 0.5) is 0 Å². The van der Waals surface area contributed by atoms with Gasteiger partial charge in [-0.05, 0) is 62.6 Å². The smallest absolute Gasteiger partial charge is 0.243 e. The molecular formula is C29H42N2O2. The van der Waals surface area contributed by atoms with E-state index in [0.717, 1.165) is 16.7 Å². The normalized spacial score (nSPS) is 12.8. The summed E-state index contributed by atoms with van der Waals surface area (Å²) in [5, 5.41) is 3.06. The third-order valence-corrected chi connectivity index (χ3v) is 5.77. The van der Waals surface area contributed by atoms with Gasteiger partial charge in [0, 0.05) is 18.5 Å². The molecule has 0 aliphatic heterocycles. The van der Waals surface area contributed by atoms with Crippen molar-refractivity contribution in [3.63, 3.8) is 0 Å². The summed E-state index contributed by atoms with van der Waals surface area (Å²) in [7, 11) is 0. The SMILES string of the molecule is CC[C@H](C(=O)NC(C)(C)C)N(Cc1cccc(C)c1)C(=O)CCc1ccc(C(C)(C)C)cc1. The number of benzene rings is 2. The molecule has 0 saturated heterocycles. The molecule has 0 aliphatic carbocycles. The zero-order chi connectivity index (χ0) is 24.8. The molecule has 0 aromatic heterocycles. The Labute approximate surface area is 200 Å². The van der Waals surface area contributed by atoms with Crippen LogP contribution in [0.15, 0.2) is 48.5 Å². The Bertz CT molecular complexity index is 933. The first kappa shape index (κ1) is 26.6. The van der Waals surface area contributed by atoms with Gasteiger partial charge in [-0.15, -0.1) is 0 Å². The van der Waals surface area contributed by atoms with Crippen molar-refractivity contribution in [2.45, 2.75) is 98.2 Å². The Morgan fingerprint density at radius 3 is 2.09 bits per heavy atom. The topological polar surface area (TPSA) is 49.4 Å². The van der Waals surface area contributed by atoms with Crippen LogP contribution in [0.5, 0.6) is 0 Å². The van der Waals surface area contributed by atoms with Crippen LogP contribution >= 0.6 is 0 Å². The zero-order valence-corrected chi connectivity index (χ0v) is 21.8. The number of nitrogens with zero attached hydrogens (tertiary/aromatic N) is 1. The maximum absolute atomic E-state index is 13.4. The fourth-order valence-corrected chi connectivity index (χ4v) is 3.95. The molecule has 0 saturated carbocycles. The molecule has 0 spiro atoms. The van der Waals surface area contributed by atoms with Gasteiger partial charge in [0.15, 0.2) is 0 Å². The largest absolute Gasteiger partial charge is 0.350 e. The average molecular weight is 451 g/mol. The van der Waals surface area contributed by atoms with Gasteiger partial charge in [0.2, 0.25) is 11.8 Å². The van der Waals surface area contributed by atoms with E-state index in [4.69, 9.17) is 0 Å². The number of amides is 2. The highest BCUT2D eigenvalue weighted by atomic mass is 16.2. The van der Waals surface area contributed by atoms with Crippen LogP contribution in [0.1, 0.15) is 83.6 Å². The summed E-state index contributed by atoms with van der Waals surface area (Å²) in [5.41, 5.74) is 4.36. The van der Waals surface area contributed by atoms with Crippen LogP contribution < -0.4 is 5.32 Å². The van der Waals surface area contributed by atoms with Gasteiger partial charge in [-0.3, -0.25) is 9.59 Å². The first-order chi connectivity index (χ1) is 15.3. The third kappa shape index (κ3) is 8.34. The lowest BCUT2D eigenvalue weighted by Crippen LogP contribution is -2.53. The van der Waals surface area contributed by atoms with Crippen LogP contribution in [0.2, 0.25) is 0 Å². The van der Waals surface area contributed by atoms with E-state index in [-0.39, 0.29) is 22.8 Å². The number of rotatable bonds is 8. The third-order valence-electron chi connectivity index (χ3n) is 5.77. The van der Waals surface area contributed by atoms with Gasteiger partial charge in [-0.1, -0.05) is 81.8 Å². The minimum atomic E-state index is -0.500. The number of carbonyl (C=O) groups is 2. The second-order valence-corrected chi connectivity index (χ2v) is 11.1. The molecule has 0 radical (unpaired) electrons. The lowest BCUT2D eigenvalue weighted by atomic mass is 9.86. The van der Waals surface area contributed by atoms with Crippen molar-refractivity contribution in [2.75, 3.05) is 0 Å². The minimum Gasteiger partial charge on any atom is -0.350 e. The second-order valence-electron chi connectivity index (χ2n) is 11.1. The Balaban J connectivity index is 2.22. The summed E-state index contributed by atoms with van der Waals surface area (Å²) in [6, 6.07) is 16.2. The molecule has 0 fully saturated rings. The number of hydrogen-bond acceptors (Lipinski definition) is 2. The Kier molecular flexibility index (Phi) is 8.88. The summed E-state index contributed by atoms with van der Waals surface area (Å²) in [5.74, 6) is -0.0900. The van der Waals surface area contributed by atoms with Crippen LogP contribution in [0.25, 0.3) is 0 Å². The monoisotopic (exact) mass is 450 g/mol. The van der Waals surface area contributed by atoms with Crippen molar-refractivity contribution in [1.82, 2.24) is 10.2 Å². The summed E-state index contributed by atoms with van der Waals surface area (Å²) in [4.78, 5) is 28.3. The Hall–Kier alpha value is -2.62. The lowest BCUT2D eigenvalue weighted by Gasteiger charge is -2.33. The molecule has 4 nitrogen and oxygen atoms in total. The van der Waals surface area contributed by atoms with Gasteiger partial charge < -0.3 is 10.2 Å². The van der Waals surface area contributed by atoms with Crippen LogP contribution in [-0.2, 0) is 28.0 Å². The molecule has 0 aliphatic rings. The van der Waals surface area contributed by atoms with Crippen LogP contribution in [0.3, 0.4) is 0 Å². The maximum atomic E-state index is 13.4. The number of carbonyl (C=O) groups excluding carboxylic acids is 2. The van der Waals surface area contributed by atoms with Crippen molar-refractivity contribution < 1.29 is 9.59 Å². The van der Waals surface area contributed by atoms with Gasteiger partial charge >= 0.3 is 0 Å². The van der Waals surface area contributed by atoms with E-state index in [0.29, 0.717) is 25.8 Å². The Morgan fingerprint density at radius 2 is 1.58 bits per heavy atom. The van der Waals surface area contributed by atoms with Gasteiger partial charge in [0.25, 0.3) is 0 Å². The average Bonchev–Trinajstić information content (AvgIpc) is 2.70. The fourth-order valence-electron chi connectivity index (χ4n) is 3.95. The van der Waals surface area contributed by atoms with Crippen molar-refractivity contribution in [2.24, 2.45) is 0 Å². The van der Waals surface area contributed by atoms with Gasteiger partial charge in [0.1, 0.15) is 6.04 Å². The summed E-state index contributed by atoms with van der Waals surface area (Å²) < 4.78 is 0. The second kappa shape index (κ2) is 11.0. The molecule has 2 aromatic carbocycles. The van der Waals surface area contributed by atoms with E-state index < -0.39 is 6.04 Å². The molecule has 4 heteroatoms. The molecule has 1 atom stereocenters. The highest BCUT2D eigenvalue weighted by Crippen LogP contribution is 2.23. The molecule has 0 unspecified atom stereocenters. The van der Waals surface area contributed by atoms with E-state index in [1.165, 1.54) is 5.56 Å². The van der Waals surface area contributed by atoms with Crippen molar-refractivity contribution in [1.29, 1.82) is 0 Å². The minimum absolute atomic E-state index is 0.00677. The highest BCUT2D eigenvalue weighted by molar-refractivity contribution is 5.88. The number of hydrogen-bond donors (Lipinski definition) is 1. The van der Waals surface area contributed by atoms with Crippen molar-refractivity contribution >= 4 is 11.8 Å². The van der Waals surface area contributed by atoms with E-state index in [1.807, 2.05) is 52.8 Å². The predicted molar refractivity (Wildman–Crippen MR) is 137 cm³/mol. The first-order valence-corrected chi connectivity index (χ1v) is 12.1. The summed E-state index contributed by atoms with van der Waals surface area (Å²) in [6.45, 7) is 16.9. The van der Waals surface area contributed by atoms with Gasteiger partial charge in [-0.2, -0.15) is 0 Å². The van der Waals surface area contributed by atoms with E-state index >= 15 is 0 Å². The fraction of sp³-hybridized carbons (Fsp3) is 0.517. The Morgan fingerprint density at radius 1 is 0.939 bits per heavy atom. The zero-order valence-electron chi connectivity index (χ0n) is 21.8. The molecule has 180 valence electrons. The first-order valence-electron chi connectivity index (χ1n) is 12.1. The molecule has 33 heavy (non-hydrogen) atoms. The van der Waals surface area contributed by atoms with Crippen molar-refractivity contribution in [3.8, 4) is 0 Å². The van der Waals surface area contributed by atoms with Crippen molar-refractivity contribution in [3.05, 3.63) is 70.8 Å². The predicted octanol–water partition coefficient (Wildman–Crippen LogP) is 5.95. The van der Waals surface area contributed by atoms with Gasteiger partial charge in [-0.25, -0.2) is 0 Å². The molecule has 0 bridgehead atoms. The van der Waals surface area contributed by atoms with E-state index in [9.17, 15) is 9.59 Å². The number of aryl methyl sites for hydroxylation is 2. The van der Waals surface area contributed by atoms with Crippen LogP contribution in [0, 0.1) is 6.92 Å². The van der Waals surface area contributed by atoms with Crippen LogP contribution in [-0.4, -0.2) is 28.3 Å². The molecule has 2 amide bonds. The van der Waals surface area contributed by atoms with Gasteiger partial charge in [0.05, 0.1) is 0 Å².